The lowest BCUT2D eigenvalue weighted by Crippen LogP contribution is -2.01. The lowest BCUT2D eigenvalue weighted by atomic mass is 10.1. The van der Waals surface area contributed by atoms with E-state index in [2.05, 4.69) is 40.7 Å². The van der Waals surface area contributed by atoms with Crippen molar-refractivity contribution in [1.82, 2.24) is 0 Å². The molecule has 82 valence electrons. The van der Waals surface area contributed by atoms with E-state index in [9.17, 15) is 4.79 Å². The summed E-state index contributed by atoms with van der Waals surface area (Å²) >= 11 is 3.98. The molecule has 1 aromatic rings. The molecule has 0 saturated carbocycles. The van der Waals surface area contributed by atoms with Gasteiger partial charge in [0.1, 0.15) is 0 Å². The summed E-state index contributed by atoms with van der Waals surface area (Å²) in [6, 6.07) is 6.23. The second kappa shape index (κ2) is 5.50. The minimum atomic E-state index is -0.333. The monoisotopic (exact) mass is 225 g/mol. The van der Waals surface area contributed by atoms with Crippen LogP contribution in [-0.2, 0) is 11.2 Å². The number of hydrogen-bond acceptors (Lipinski definition) is 4. The third-order valence-corrected chi connectivity index (χ3v) is 2.20. The van der Waals surface area contributed by atoms with Crippen LogP contribution in [0.1, 0.15) is 12.5 Å². The van der Waals surface area contributed by atoms with Gasteiger partial charge in [0, 0.05) is 24.8 Å². The number of nitrogens with one attached hydrogen (secondary N) is 2. The molecule has 0 radical (unpaired) electrons. The van der Waals surface area contributed by atoms with E-state index >= 15 is 0 Å². The van der Waals surface area contributed by atoms with Gasteiger partial charge in [-0.2, -0.15) is 0 Å². The van der Waals surface area contributed by atoms with E-state index in [1.807, 2.05) is 6.07 Å². The van der Waals surface area contributed by atoms with Crippen LogP contribution in [0.2, 0.25) is 0 Å². The van der Waals surface area contributed by atoms with Crippen molar-refractivity contribution in [2.45, 2.75) is 13.3 Å². The summed E-state index contributed by atoms with van der Waals surface area (Å²) in [6.45, 7) is 2.37. The van der Waals surface area contributed by atoms with Crippen LogP contribution in [0.4, 0.5) is 11.4 Å². The Morgan fingerprint density at radius 3 is 2.87 bits per heavy atom. The fraction of sp³-hybridized carbons (Fsp3) is 0.300. The van der Waals surface area contributed by atoms with E-state index < -0.39 is 0 Å². The predicted octanol–water partition coefficient (Wildman–Crippen LogP) is 1.40. The maximum atomic E-state index is 9.22. The lowest BCUT2D eigenvalue weighted by molar-refractivity contribution is -0.115. The van der Waals surface area contributed by atoms with Crippen LogP contribution in [0.25, 0.3) is 0 Å². The average molecular weight is 225 g/mol. The highest BCUT2D eigenvalue weighted by Crippen LogP contribution is 2.25. The average Bonchev–Trinajstić information content (AvgIpc) is 2.63. The molecule has 0 bridgehead atoms. The summed E-state index contributed by atoms with van der Waals surface area (Å²) in [7, 11) is 0. The molecule has 4 N–H and O–H groups in total. The summed E-state index contributed by atoms with van der Waals surface area (Å²) < 4.78 is 2.82. The zero-order valence-electron chi connectivity index (χ0n) is 8.58. The number of carbonyl (C=O) groups is 1. The smallest absolute Gasteiger partial charge is 0.214 e. The predicted molar refractivity (Wildman–Crippen MR) is 66.1 cm³/mol. The van der Waals surface area contributed by atoms with Gasteiger partial charge in [-0.3, -0.25) is 4.79 Å². The second-order valence-corrected chi connectivity index (χ2v) is 3.49. The number of carbonyl (C=O) groups excluding carboxylic acids is 1. The molecule has 5 heteroatoms. The van der Waals surface area contributed by atoms with E-state index in [-0.39, 0.29) is 5.91 Å². The molecule has 0 fully saturated rings. The molecular formula is C10H15N3OS. The fourth-order valence-corrected chi connectivity index (χ4v) is 1.51. The topological polar surface area (TPSA) is 67.2 Å². The number of amides is 1. The maximum Gasteiger partial charge on any atom is 0.214 e. The number of benzene rings is 1. The summed E-state index contributed by atoms with van der Waals surface area (Å²) in [5.41, 5.74) is 8.18. The van der Waals surface area contributed by atoms with Gasteiger partial charge < -0.3 is 15.8 Å². The summed E-state index contributed by atoms with van der Waals surface area (Å²) in [5.74, 6) is -0.333. The van der Waals surface area contributed by atoms with Crippen molar-refractivity contribution in [3.8, 4) is 0 Å². The molecule has 15 heavy (non-hydrogen) atoms. The Hall–Kier alpha value is -1.36. The fourth-order valence-electron chi connectivity index (χ4n) is 1.37. The zero-order valence-corrected chi connectivity index (χ0v) is 9.47. The lowest BCUT2D eigenvalue weighted by Gasteiger charge is -2.02. The van der Waals surface area contributed by atoms with Crippen LogP contribution in [-0.4, -0.2) is 12.5 Å². The van der Waals surface area contributed by atoms with E-state index in [0.717, 1.165) is 18.7 Å². The van der Waals surface area contributed by atoms with Gasteiger partial charge in [0.25, 0.3) is 0 Å². The molecule has 0 saturated heterocycles. The van der Waals surface area contributed by atoms with Crippen LogP contribution >= 0.6 is 12.8 Å². The number of rotatable bonds is 1. The highest BCUT2D eigenvalue weighted by molar-refractivity contribution is 7.81. The number of nitrogens with two attached hydrogens (primary N) is 1. The Bertz CT molecular complexity index is 351. The third-order valence-electron chi connectivity index (χ3n) is 1.94. The van der Waals surface area contributed by atoms with Crippen molar-refractivity contribution in [3.63, 3.8) is 0 Å². The van der Waals surface area contributed by atoms with Gasteiger partial charge >= 0.3 is 0 Å². The summed E-state index contributed by atoms with van der Waals surface area (Å²) in [4.78, 5) is 9.22. The molecule has 1 aromatic carbocycles. The van der Waals surface area contributed by atoms with Crippen LogP contribution in [0.3, 0.4) is 0 Å². The summed E-state index contributed by atoms with van der Waals surface area (Å²) in [5, 5.41) is 3.30. The van der Waals surface area contributed by atoms with Gasteiger partial charge in [0.2, 0.25) is 5.91 Å². The van der Waals surface area contributed by atoms with Gasteiger partial charge in [0.15, 0.2) is 0 Å². The van der Waals surface area contributed by atoms with E-state index in [1.54, 1.807) is 0 Å². The minimum Gasteiger partial charge on any atom is -0.384 e. The number of thiol groups is 1. The quantitative estimate of drug-likeness (QED) is 0.546. The van der Waals surface area contributed by atoms with Gasteiger partial charge in [-0.25, -0.2) is 0 Å². The first-order valence-electron chi connectivity index (χ1n) is 4.66. The van der Waals surface area contributed by atoms with Crippen LogP contribution < -0.4 is 15.8 Å². The van der Waals surface area contributed by atoms with E-state index in [1.165, 1.54) is 18.2 Å². The molecule has 0 aliphatic carbocycles. The summed E-state index contributed by atoms with van der Waals surface area (Å²) in [6.07, 6.45) is 1.12. The number of anilines is 2. The Morgan fingerprint density at radius 1 is 1.60 bits per heavy atom. The zero-order chi connectivity index (χ0) is 11.3. The highest BCUT2D eigenvalue weighted by Gasteiger charge is 2.08. The van der Waals surface area contributed by atoms with Gasteiger partial charge in [-0.1, -0.05) is 12.8 Å². The minimum absolute atomic E-state index is 0.333. The first-order chi connectivity index (χ1) is 7.13. The molecule has 1 aliphatic rings. The molecule has 1 heterocycles. The molecule has 0 aromatic heterocycles. The maximum absolute atomic E-state index is 9.22. The van der Waals surface area contributed by atoms with Crippen molar-refractivity contribution < 1.29 is 4.79 Å². The number of hydrogen-bond donors (Lipinski definition) is 4. The molecule has 4 nitrogen and oxygen atoms in total. The Balaban J connectivity index is 0.000000245. The highest BCUT2D eigenvalue weighted by atomic mass is 32.1. The van der Waals surface area contributed by atoms with Gasteiger partial charge in [0.05, 0.1) is 0 Å². The van der Waals surface area contributed by atoms with Gasteiger partial charge in [-0.05, 0) is 30.2 Å². The van der Waals surface area contributed by atoms with Crippen LogP contribution in [0, 0.1) is 0 Å². The van der Waals surface area contributed by atoms with Gasteiger partial charge in [-0.15, -0.1) is 0 Å². The van der Waals surface area contributed by atoms with Crippen molar-refractivity contribution in [1.29, 1.82) is 0 Å². The molecule has 2 rings (SSSR count). The molecule has 1 amide bonds. The van der Waals surface area contributed by atoms with E-state index in [4.69, 9.17) is 0 Å². The molecule has 0 spiro atoms. The number of fused-ring (bicyclic) bond motifs is 1. The largest absolute Gasteiger partial charge is 0.384 e. The van der Waals surface area contributed by atoms with Crippen LogP contribution in [0.15, 0.2) is 18.2 Å². The van der Waals surface area contributed by atoms with Crippen molar-refractivity contribution >= 4 is 30.1 Å². The number of primary amides is 1. The molecular weight excluding hydrogens is 210 g/mol. The molecule has 0 atom stereocenters. The Kier molecular flexibility index (Phi) is 4.30. The second-order valence-electron chi connectivity index (χ2n) is 3.27. The van der Waals surface area contributed by atoms with Crippen molar-refractivity contribution in [3.05, 3.63) is 23.8 Å². The van der Waals surface area contributed by atoms with Crippen molar-refractivity contribution in [2.24, 2.45) is 5.73 Å². The Labute approximate surface area is 94.8 Å². The normalized spacial score (nSPS) is 11.9. The first kappa shape index (κ1) is 11.7. The SMILES string of the molecule is CC(N)=O.SNc1ccc2c(c1)CCN2. The Morgan fingerprint density at radius 2 is 2.27 bits per heavy atom. The molecule has 0 unspecified atom stereocenters. The first-order valence-corrected chi connectivity index (χ1v) is 5.11. The standard InChI is InChI=1S/C8H10N2S.C2H5NO/c11-10-7-1-2-8-6(5-7)3-4-9-8;1-2(3)4/h1-2,5,9-11H,3-4H2;1H3,(H2,3,4). The van der Waals surface area contributed by atoms with E-state index in [0.29, 0.717) is 0 Å². The third kappa shape index (κ3) is 3.71. The molecule has 1 aliphatic heterocycles. The van der Waals surface area contributed by atoms with Crippen LogP contribution in [0.5, 0.6) is 0 Å². The van der Waals surface area contributed by atoms with Crippen molar-refractivity contribution in [2.75, 3.05) is 16.6 Å².